The number of carbonyl (C=O) groups excluding carboxylic acids is 1. The van der Waals surface area contributed by atoms with Gasteiger partial charge in [0, 0.05) is 19.1 Å². The monoisotopic (exact) mass is 260 g/mol. The second kappa shape index (κ2) is 6.20. The Kier molecular flexibility index (Phi) is 4.59. The van der Waals surface area contributed by atoms with E-state index in [1.807, 2.05) is 30.1 Å². The van der Waals surface area contributed by atoms with Crippen molar-refractivity contribution in [2.24, 2.45) is 5.73 Å². The normalized spacial score (nSPS) is 23.1. The molecule has 0 aliphatic heterocycles. The van der Waals surface area contributed by atoms with Gasteiger partial charge in [-0.3, -0.25) is 4.79 Å². The van der Waals surface area contributed by atoms with E-state index in [1.165, 1.54) is 18.4 Å². The van der Waals surface area contributed by atoms with Crippen LogP contribution in [0.4, 0.5) is 0 Å². The number of carbonyl (C=O) groups is 1. The number of hydrogen-bond acceptors (Lipinski definition) is 2. The summed E-state index contributed by atoms with van der Waals surface area (Å²) < 4.78 is 0. The molecule has 0 bridgehead atoms. The molecule has 1 amide bonds. The van der Waals surface area contributed by atoms with Crippen LogP contribution < -0.4 is 5.73 Å². The minimum absolute atomic E-state index is 0.138. The molecule has 0 heterocycles. The number of benzene rings is 1. The molecule has 2 atom stereocenters. The van der Waals surface area contributed by atoms with Crippen LogP contribution in [0.5, 0.6) is 0 Å². The van der Waals surface area contributed by atoms with Gasteiger partial charge in [0.1, 0.15) is 0 Å². The van der Waals surface area contributed by atoms with Crippen molar-refractivity contribution in [1.82, 2.24) is 4.90 Å². The second-order valence-electron chi connectivity index (χ2n) is 5.62. The van der Waals surface area contributed by atoms with Crippen molar-refractivity contribution in [3.05, 3.63) is 35.4 Å². The van der Waals surface area contributed by atoms with Gasteiger partial charge in [-0.1, -0.05) is 37.1 Å². The average molecular weight is 260 g/mol. The third kappa shape index (κ3) is 3.35. The lowest BCUT2D eigenvalue weighted by Gasteiger charge is -2.36. The van der Waals surface area contributed by atoms with Crippen molar-refractivity contribution < 1.29 is 4.79 Å². The summed E-state index contributed by atoms with van der Waals surface area (Å²) in [6.07, 6.45) is 4.92. The maximum absolute atomic E-state index is 12.4. The van der Waals surface area contributed by atoms with E-state index in [2.05, 4.69) is 13.0 Å². The summed E-state index contributed by atoms with van der Waals surface area (Å²) in [6.45, 7) is 2.05. The summed E-state index contributed by atoms with van der Waals surface area (Å²) >= 11 is 0. The Labute approximate surface area is 115 Å². The van der Waals surface area contributed by atoms with Gasteiger partial charge in [0.25, 0.3) is 0 Å². The molecule has 1 aromatic rings. The molecule has 0 aromatic heterocycles. The molecule has 2 rings (SSSR count). The molecule has 0 radical (unpaired) electrons. The van der Waals surface area contributed by atoms with Crippen molar-refractivity contribution in [2.45, 2.75) is 51.1 Å². The molecular weight excluding hydrogens is 236 g/mol. The first kappa shape index (κ1) is 14.1. The molecule has 0 saturated heterocycles. The van der Waals surface area contributed by atoms with E-state index in [9.17, 15) is 4.79 Å². The van der Waals surface area contributed by atoms with Crippen LogP contribution in [0.1, 0.15) is 36.8 Å². The van der Waals surface area contributed by atoms with Crippen LogP contribution >= 0.6 is 0 Å². The highest BCUT2D eigenvalue weighted by molar-refractivity contribution is 5.79. The molecule has 1 aliphatic rings. The van der Waals surface area contributed by atoms with Gasteiger partial charge in [0.15, 0.2) is 0 Å². The summed E-state index contributed by atoms with van der Waals surface area (Å²) in [5.41, 5.74) is 8.44. The number of rotatable bonds is 3. The molecule has 3 nitrogen and oxygen atoms in total. The number of likely N-dealkylation sites (N-methyl/N-ethyl adjacent to an activating group) is 1. The summed E-state index contributed by atoms with van der Waals surface area (Å²) in [5.74, 6) is 0.177. The Bertz CT molecular complexity index is 444. The van der Waals surface area contributed by atoms with Crippen molar-refractivity contribution in [3.63, 3.8) is 0 Å². The second-order valence-corrected chi connectivity index (χ2v) is 5.62. The fourth-order valence-corrected chi connectivity index (χ4v) is 2.90. The third-order valence-electron chi connectivity index (χ3n) is 4.28. The van der Waals surface area contributed by atoms with E-state index in [0.29, 0.717) is 6.42 Å². The average Bonchev–Trinajstić information content (AvgIpc) is 2.41. The first-order chi connectivity index (χ1) is 9.09. The van der Waals surface area contributed by atoms with E-state index in [-0.39, 0.29) is 18.0 Å². The van der Waals surface area contributed by atoms with Gasteiger partial charge in [0.2, 0.25) is 5.91 Å². The van der Waals surface area contributed by atoms with Crippen LogP contribution in [0.2, 0.25) is 0 Å². The molecule has 1 aliphatic carbocycles. The van der Waals surface area contributed by atoms with E-state index < -0.39 is 0 Å². The standard InChI is InChI=1S/C16H24N2O/c1-12-7-3-4-8-13(12)11-16(19)18(2)15-10-6-5-9-14(15)17/h3-4,7-8,14-15H,5-6,9-11,17H2,1-2H3. The Morgan fingerprint density at radius 1 is 1.32 bits per heavy atom. The Balaban J connectivity index is 2.01. The predicted octanol–water partition coefficient (Wildman–Crippen LogP) is 2.27. The minimum Gasteiger partial charge on any atom is -0.341 e. The maximum Gasteiger partial charge on any atom is 0.227 e. The lowest BCUT2D eigenvalue weighted by atomic mass is 9.89. The zero-order valence-corrected chi connectivity index (χ0v) is 11.9. The fraction of sp³-hybridized carbons (Fsp3) is 0.562. The van der Waals surface area contributed by atoms with Gasteiger partial charge in [-0.2, -0.15) is 0 Å². The largest absolute Gasteiger partial charge is 0.341 e. The van der Waals surface area contributed by atoms with Crippen LogP contribution in [-0.4, -0.2) is 29.9 Å². The van der Waals surface area contributed by atoms with Crippen LogP contribution in [0.3, 0.4) is 0 Å². The molecule has 1 aromatic carbocycles. The van der Waals surface area contributed by atoms with Gasteiger partial charge < -0.3 is 10.6 Å². The van der Waals surface area contributed by atoms with Gasteiger partial charge in [-0.05, 0) is 30.9 Å². The topological polar surface area (TPSA) is 46.3 Å². The predicted molar refractivity (Wildman–Crippen MR) is 77.9 cm³/mol. The van der Waals surface area contributed by atoms with Crippen LogP contribution in [-0.2, 0) is 11.2 Å². The van der Waals surface area contributed by atoms with Crippen LogP contribution in [0.25, 0.3) is 0 Å². The van der Waals surface area contributed by atoms with Crippen LogP contribution in [0.15, 0.2) is 24.3 Å². The molecule has 2 N–H and O–H groups in total. The molecule has 1 saturated carbocycles. The maximum atomic E-state index is 12.4. The van der Waals surface area contributed by atoms with Crippen molar-refractivity contribution >= 4 is 5.91 Å². The Morgan fingerprint density at radius 3 is 2.68 bits per heavy atom. The Hall–Kier alpha value is -1.35. The van der Waals surface area contributed by atoms with E-state index in [0.717, 1.165) is 18.4 Å². The highest BCUT2D eigenvalue weighted by atomic mass is 16.2. The lowest BCUT2D eigenvalue weighted by molar-refractivity contribution is -0.132. The molecule has 2 unspecified atom stereocenters. The molecular formula is C16H24N2O. The molecule has 19 heavy (non-hydrogen) atoms. The number of nitrogens with zero attached hydrogens (tertiary/aromatic N) is 1. The summed E-state index contributed by atoms with van der Waals surface area (Å²) in [5, 5.41) is 0. The van der Waals surface area contributed by atoms with Gasteiger partial charge in [-0.15, -0.1) is 0 Å². The van der Waals surface area contributed by atoms with Crippen molar-refractivity contribution in [1.29, 1.82) is 0 Å². The Morgan fingerprint density at radius 2 is 2.00 bits per heavy atom. The highest BCUT2D eigenvalue weighted by Crippen LogP contribution is 2.22. The zero-order valence-electron chi connectivity index (χ0n) is 11.9. The van der Waals surface area contributed by atoms with Crippen molar-refractivity contribution in [2.75, 3.05) is 7.05 Å². The lowest BCUT2D eigenvalue weighted by Crippen LogP contribution is -2.50. The van der Waals surface area contributed by atoms with E-state index >= 15 is 0 Å². The van der Waals surface area contributed by atoms with E-state index in [4.69, 9.17) is 5.73 Å². The molecule has 0 spiro atoms. The molecule has 104 valence electrons. The summed E-state index contributed by atoms with van der Waals surface area (Å²) in [6, 6.07) is 8.42. The highest BCUT2D eigenvalue weighted by Gasteiger charge is 2.28. The van der Waals surface area contributed by atoms with Crippen LogP contribution in [0, 0.1) is 6.92 Å². The summed E-state index contributed by atoms with van der Waals surface area (Å²) in [4.78, 5) is 14.3. The van der Waals surface area contributed by atoms with E-state index in [1.54, 1.807) is 0 Å². The number of nitrogens with two attached hydrogens (primary N) is 1. The SMILES string of the molecule is Cc1ccccc1CC(=O)N(C)C1CCCCC1N. The van der Waals surface area contributed by atoms with Crippen molar-refractivity contribution in [3.8, 4) is 0 Å². The zero-order chi connectivity index (χ0) is 13.8. The molecule has 3 heteroatoms. The minimum atomic E-state index is 0.138. The van der Waals surface area contributed by atoms with Gasteiger partial charge >= 0.3 is 0 Å². The number of aryl methyl sites for hydroxylation is 1. The smallest absolute Gasteiger partial charge is 0.227 e. The first-order valence-electron chi connectivity index (χ1n) is 7.15. The third-order valence-corrected chi connectivity index (χ3v) is 4.28. The quantitative estimate of drug-likeness (QED) is 0.906. The first-order valence-corrected chi connectivity index (χ1v) is 7.15. The van der Waals surface area contributed by atoms with Gasteiger partial charge in [0.05, 0.1) is 6.42 Å². The fourth-order valence-electron chi connectivity index (χ4n) is 2.90. The number of amides is 1. The molecule has 1 fully saturated rings. The number of hydrogen-bond donors (Lipinski definition) is 1. The van der Waals surface area contributed by atoms with Gasteiger partial charge in [-0.25, -0.2) is 0 Å². The summed E-state index contributed by atoms with van der Waals surface area (Å²) in [7, 11) is 1.90.